The summed E-state index contributed by atoms with van der Waals surface area (Å²) in [6.07, 6.45) is 0. The molecule has 1 heterocycles. The third-order valence-electron chi connectivity index (χ3n) is 1.97. The number of hydrogen-bond acceptors (Lipinski definition) is 4. The number of thiazole rings is 1. The summed E-state index contributed by atoms with van der Waals surface area (Å²) < 4.78 is 0. The first kappa shape index (κ1) is 12.4. The topological polar surface area (TPSA) is 91.3 Å². The summed E-state index contributed by atoms with van der Waals surface area (Å²) in [5.74, 6) is -1.08. The highest BCUT2D eigenvalue weighted by Gasteiger charge is 2.14. The molecule has 0 spiro atoms. The molecular formula is C9H13N3O3S. The van der Waals surface area contributed by atoms with Crippen LogP contribution in [0.4, 0.5) is 9.93 Å². The van der Waals surface area contributed by atoms with E-state index in [0.717, 1.165) is 10.6 Å². The SMILES string of the molecule is Cc1nc(NC(=O)NC(C)C(=O)O)sc1C. The Balaban J connectivity index is 2.55. The number of carbonyl (C=O) groups excluding carboxylic acids is 1. The summed E-state index contributed by atoms with van der Waals surface area (Å²) in [5.41, 5.74) is 0.853. The smallest absolute Gasteiger partial charge is 0.325 e. The predicted molar refractivity (Wildman–Crippen MR) is 60.8 cm³/mol. The quantitative estimate of drug-likeness (QED) is 0.747. The number of carboxylic acid groups (broad SMARTS) is 1. The zero-order valence-electron chi connectivity index (χ0n) is 9.20. The van der Waals surface area contributed by atoms with Crippen molar-refractivity contribution in [3.8, 4) is 0 Å². The van der Waals surface area contributed by atoms with Crippen molar-refractivity contribution in [2.75, 3.05) is 5.32 Å². The fraction of sp³-hybridized carbons (Fsp3) is 0.444. The normalized spacial score (nSPS) is 11.9. The number of hydrogen-bond donors (Lipinski definition) is 3. The number of aryl methyl sites for hydroxylation is 2. The van der Waals surface area contributed by atoms with E-state index in [1.54, 1.807) is 0 Å². The van der Waals surface area contributed by atoms with Crippen LogP contribution in [-0.2, 0) is 4.79 Å². The molecule has 16 heavy (non-hydrogen) atoms. The van der Waals surface area contributed by atoms with E-state index in [1.165, 1.54) is 18.3 Å². The molecular weight excluding hydrogens is 230 g/mol. The van der Waals surface area contributed by atoms with Crippen LogP contribution in [0.1, 0.15) is 17.5 Å². The van der Waals surface area contributed by atoms with E-state index in [4.69, 9.17) is 5.11 Å². The molecule has 1 unspecified atom stereocenters. The lowest BCUT2D eigenvalue weighted by Crippen LogP contribution is -2.40. The van der Waals surface area contributed by atoms with Crippen molar-refractivity contribution in [2.24, 2.45) is 0 Å². The number of nitrogens with zero attached hydrogens (tertiary/aromatic N) is 1. The third-order valence-corrected chi connectivity index (χ3v) is 2.96. The van der Waals surface area contributed by atoms with Gasteiger partial charge in [0.25, 0.3) is 0 Å². The molecule has 0 saturated carbocycles. The molecule has 1 atom stereocenters. The Kier molecular flexibility index (Phi) is 3.83. The van der Waals surface area contributed by atoms with Crippen molar-refractivity contribution in [3.63, 3.8) is 0 Å². The summed E-state index contributed by atoms with van der Waals surface area (Å²) in [6.45, 7) is 5.13. The Bertz CT molecular complexity index is 397. The number of carboxylic acids is 1. The molecule has 0 bridgehead atoms. The van der Waals surface area contributed by atoms with Crippen LogP contribution in [-0.4, -0.2) is 28.1 Å². The Morgan fingerprint density at radius 2 is 2.06 bits per heavy atom. The number of anilines is 1. The molecule has 88 valence electrons. The van der Waals surface area contributed by atoms with Crippen molar-refractivity contribution >= 4 is 28.5 Å². The van der Waals surface area contributed by atoms with E-state index in [-0.39, 0.29) is 0 Å². The zero-order valence-corrected chi connectivity index (χ0v) is 10.0. The molecule has 0 saturated heterocycles. The van der Waals surface area contributed by atoms with Gasteiger partial charge in [-0.05, 0) is 20.8 Å². The van der Waals surface area contributed by atoms with Crippen molar-refractivity contribution in [1.29, 1.82) is 0 Å². The van der Waals surface area contributed by atoms with Gasteiger partial charge in [0.05, 0.1) is 5.69 Å². The average Bonchev–Trinajstić information content (AvgIpc) is 2.45. The summed E-state index contributed by atoms with van der Waals surface area (Å²) >= 11 is 1.35. The average molecular weight is 243 g/mol. The molecule has 1 aromatic rings. The van der Waals surface area contributed by atoms with Gasteiger partial charge in [0.1, 0.15) is 6.04 Å². The van der Waals surface area contributed by atoms with Gasteiger partial charge >= 0.3 is 12.0 Å². The Labute approximate surface area is 96.7 Å². The minimum absolute atomic E-state index is 0.463. The Morgan fingerprint density at radius 3 is 2.50 bits per heavy atom. The number of aliphatic carboxylic acids is 1. The molecule has 0 aromatic carbocycles. The van der Waals surface area contributed by atoms with Crippen LogP contribution in [0.5, 0.6) is 0 Å². The molecule has 0 fully saturated rings. The summed E-state index contributed by atoms with van der Waals surface area (Å²) in [7, 11) is 0. The van der Waals surface area contributed by atoms with Crippen LogP contribution in [0.25, 0.3) is 0 Å². The fourth-order valence-corrected chi connectivity index (χ4v) is 1.73. The molecule has 0 radical (unpaired) electrons. The zero-order chi connectivity index (χ0) is 12.3. The van der Waals surface area contributed by atoms with Gasteiger partial charge in [0.2, 0.25) is 0 Å². The highest BCUT2D eigenvalue weighted by Crippen LogP contribution is 2.20. The molecule has 0 aliphatic carbocycles. The van der Waals surface area contributed by atoms with Crippen LogP contribution < -0.4 is 10.6 Å². The molecule has 0 aliphatic rings. The lowest BCUT2D eigenvalue weighted by atomic mass is 10.3. The van der Waals surface area contributed by atoms with Gasteiger partial charge in [0.15, 0.2) is 5.13 Å². The minimum Gasteiger partial charge on any atom is -0.480 e. The monoisotopic (exact) mass is 243 g/mol. The van der Waals surface area contributed by atoms with E-state index >= 15 is 0 Å². The van der Waals surface area contributed by atoms with Crippen LogP contribution in [0.15, 0.2) is 0 Å². The second-order valence-corrected chi connectivity index (χ2v) is 4.52. The lowest BCUT2D eigenvalue weighted by Gasteiger charge is -2.08. The fourth-order valence-electron chi connectivity index (χ4n) is 0.918. The molecule has 1 rings (SSSR count). The number of rotatable bonds is 3. The van der Waals surface area contributed by atoms with Crippen LogP contribution in [0.3, 0.4) is 0 Å². The Hall–Kier alpha value is -1.63. The number of nitrogens with one attached hydrogen (secondary N) is 2. The predicted octanol–water partition coefficient (Wildman–Crippen LogP) is 1.35. The number of aromatic nitrogens is 1. The van der Waals surface area contributed by atoms with E-state index < -0.39 is 18.0 Å². The molecule has 3 N–H and O–H groups in total. The maximum absolute atomic E-state index is 11.3. The third kappa shape index (κ3) is 3.20. The van der Waals surface area contributed by atoms with Gasteiger partial charge in [-0.2, -0.15) is 0 Å². The van der Waals surface area contributed by atoms with Crippen molar-refractivity contribution < 1.29 is 14.7 Å². The largest absolute Gasteiger partial charge is 0.480 e. The number of amides is 2. The lowest BCUT2D eigenvalue weighted by molar-refractivity contribution is -0.138. The highest BCUT2D eigenvalue weighted by atomic mass is 32.1. The Morgan fingerprint density at radius 1 is 1.44 bits per heavy atom. The van der Waals surface area contributed by atoms with Gasteiger partial charge in [-0.15, -0.1) is 11.3 Å². The van der Waals surface area contributed by atoms with Gasteiger partial charge in [-0.25, -0.2) is 9.78 Å². The molecule has 0 aliphatic heterocycles. The second-order valence-electron chi connectivity index (χ2n) is 3.32. The van der Waals surface area contributed by atoms with Gasteiger partial charge in [-0.3, -0.25) is 10.1 Å². The second kappa shape index (κ2) is 4.93. The van der Waals surface area contributed by atoms with E-state index in [9.17, 15) is 9.59 Å². The van der Waals surface area contributed by atoms with Crippen molar-refractivity contribution in [1.82, 2.24) is 10.3 Å². The summed E-state index contributed by atoms with van der Waals surface area (Å²) in [4.78, 5) is 26.9. The van der Waals surface area contributed by atoms with Crippen molar-refractivity contribution in [2.45, 2.75) is 26.8 Å². The van der Waals surface area contributed by atoms with Gasteiger partial charge < -0.3 is 10.4 Å². The molecule has 7 heteroatoms. The first-order chi connectivity index (χ1) is 7.40. The standard InChI is InChI=1S/C9H13N3O3S/c1-4-6(3)16-9(11-4)12-8(15)10-5(2)7(13)14/h5H,1-3H3,(H,13,14)(H2,10,11,12,15). The van der Waals surface area contributed by atoms with E-state index in [0.29, 0.717) is 5.13 Å². The van der Waals surface area contributed by atoms with Gasteiger partial charge in [-0.1, -0.05) is 0 Å². The van der Waals surface area contributed by atoms with Crippen LogP contribution in [0, 0.1) is 13.8 Å². The highest BCUT2D eigenvalue weighted by molar-refractivity contribution is 7.15. The number of urea groups is 1. The first-order valence-corrected chi connectivity index (χ1v) is 5.46. The molecule has 2 amide bonds. The van der Waals surface area contributed by atoms with E-state index in [1.807, 2.05) is 13.8 Å². The molecule has 6 nitrogen and oxygen atoms in total. The minimum atomic E-state index is -1.08. The van der Waals surface area contributed by atoms with E-state index in [2.05, 4.69) is 15.6 Å². The maximum atomic E-state index is 11.3. The summed E-state index contributed by atoms with van der Waals surface area (Å²) in [5, 5.41) is 13.8. The van der Waals surface area contributed by atoms with Gasteiger partial charge in [0, 0.05) is 4.88 Å². The number of carbonyl (C=O) groups is 2. The maximum Gasteiger partial charge on any atom is 0.325 e. The molecule has 1 aromatic heterocycles. The van der Waals surface area contributed by atoms with Crippen molar-refractivity contribution in [3.05, 3.63) is 10.6 Å². The van der Waals surface area contributed by atoms with Crippen LogP contribution in [0.2, 0.25) is 0 Å². The van der Waals surface area contributed by atoms with Crippen LogP contribution >= 0.6 is 11.3 Å². The summed E-state index contributed by atoms with van der Waals surface area (Å²) in [6, 6.07) is -1.49. The first-order valence-electron chi connectivity index (χ1n) is 4.64.